The lowest BCUT2D eigenvalue weighted by atomic mass is 10.1. The molecule has 2 rings (SSSR count). The molecular weight excluding hydrogens is 178 g/mol. The zero-order valence-electron chi connectivity index (χ0n) is 8.79. The van der Waals surface area contributed by atoms with E-state index in [1.54, 1.807) is 0 Å². The van der Waals surface area contributed by atoms with Gasteiger partial charge in [0.15, 0.2) is 5.82 Å². The normalized spacial score (nSPS) is 22.9. The van der Waals surface area contributed by atoms with Gasteiger partial charge in [0, 0.05) is 5.92 Å². The van der Waals surface area contributed by atoms with E-state index in [2.05, 4.69) is 29.3 Å². The number of rotatable bonds is 2. The first-order valence-corrected chi connectivity index (χ1v) is 5.34. The van der Waals surface area contributed by atoms with Crippen LogP contribution in [0.25, 0.3) is 0 Å². The minimum Gasteiger partial charge on any atom is -0.338 e. The molecule has 0 aromatic carbocycles. The second-order valence-corrected chi connectivity index (χ2v) is 4.15. The summed E-state index contributed by atoms with van der Waals surface area (Å²) in [5, 5.41) is 7.36. The third-order valence-electron chi connectivity index (χ3n) is 2.58. The van der Waals surface area contributed by atoms with Crippen LogP contribution < -0.4 is 5.32 Å². The van der Waals surface area contributed by atoms with Crippen molar-refractivity contribution in [2.75, 3.05) is 6.54 Å². The summed E-state index contributed by atoms with van der Waals surface area (Å²) in [4.78, 5) is 4.39. The second-order valence-electron chi connectivity index (χ2n) is 4.15. The van der Waals surface area contributed by atoms with Gasteiger partial charge in [-0.05, 0) is 19.4 Å². The van der Waals surface area contributed by atoms with Gasteiger partial charge in [-0.15, -0.1) is 0 Å². The van der Waals surface area contributed by atoms with Gasteiger partial charge in [0.05, 0.1) is 6.04 Å². The Morgan fingerprint density at radius 1 is 1.43 bits per heavy atom. The van der Waals surface area contributed by atoms with E-state index >= 15 is 0 Å². The Kier molecular flexibility index (Phi) is 2.82. The molecule has 0 aliphatic carbocycles. The van der Waals surface area contributed by atoms with Crippen LogP contribution in [0.1, 0.15) is 56.8 Å². The topological polar surface area (TPSA) is 51.0 Å². The first-order valence-electron chi connectivity index (χ1n) is 5.34. The van der Waals surface area contributed by atoms with Crippen LogP contribution in [-0.2, 0) is 0 Å². The summed E-state index contributed by atoms with van der Waals surface area (Å²) in [6.07, 6.45) is 3.61. The van der Waals surface area contributed by atoms with E-state index in [0.717, 1.165) is 24.7 Å². The molecule has 0 spiro atoms. The van der Waals surface area contributed by atoms with E-state index < -0.39 is 0 Å². The highest BCUT2D eigenvalue weighted by Gasteiger charge is 2.21. The quantitative estimate of drug-likeness (QED) is 0.784. The molecule has 2 heterocycles. The van der Waals surface area contributed by atoms with Gasteiger partial charge in [-0.1, -0.05) is 25.4 Å². The van der Waals surface area contributed by atoms with E-state index in [-0.39, 0.29) is 6.04 Å². The van der Waals surface area contributed by atoms with Gasteiger partial charge in [-0.2, -0.15) is 4.98 Å². The average Bonchev–Trinajstić information content (AvgIpc) is 2.68. The summed E-state index contributed by atoms with van der Waals surface area (Å²) < 4.78 is 5.24. The van der Waals surface area contributed by atoms with Crippen LogP contribution in [0, 0.1) is 0 Å². The minimum absolute atomic E-state index is 0.281. The van der Waals surface area contributed by atoms with E-state index in [9.17, 15) is 0 Å². The van der Waals surface area contributed by atoms with Gasteiger partial charge >= 0.3 is 0 Å². The van der Waals surface area contributed by atoms with Gasteiger partial charge in [0.2, 0.25) is 5.89 Å². The zero-order valence-corrected chi connectivity index (χ0v) is 8.79. The van der Waals surface area contributed by atoms with Crippen LogP contribution in [0.3, 0.4) is 0 Å². The molecule has 14 heavy (non-hydrogen) atoms. The lowest BCUT2D eigenvalue weighted by molar-refractivity contribution is 0.295. The number of aromatic nitrogens is 2. The maximum absolute atomic E-state index is 5.24. The van der Waals surface area contributed by atoms with Gasteiger partial charge in [0.25, 0.3) is 0 Å². The molecule has 4 heteroatoms. The fraction of sp³-hybridized carbons (Fsp3) is 0.800. The maximum atomic E-state index is 5.24. The predicted octanol–water partition coefficient (Wildman–Crippen LogP) is 2.01. The number of nitrogens with one attached hydrogen (secondary N) is 1. The molecule has 0 unspecified atom stereocenters. The first-order chi connectivity index (χ1) is 6.77. The standard InChI is InChI=1S/C10H17N3O/c1-7(2)9-12-10(14-13-9)8-5-3-4-6-11-8/h7-8,11H,3-6H2,1-2H3/t8-/m1/s1. The summed E-state index contributed by atoms with van der Waals surface area (Å²) in [6.45, 7) is 5.20. The Morgan fingerprint density at radius 2 is 2.29 bits per heavy atom. The van der Waals surface area contributed by atoms with Gasteiger partial charge in [-0.3, -0.25) is 0 Å². The first kappa shape index (κ1) is 9.65. The molecule has 1 fully saturated rings. The molecule has 1 aliphatic heterocycles. The fourth-order valence-electron chi connectivity index (χ4n) is 1.69. The molecule has 1 atom stereocenters. The molecule has 0 amide bonds. The Hall–Kier alpha value is -0.900. The molecule has 1 aromatic rings. The molecule has 0 bridgehead atoms. The predicted molar refractivity (Wildman–Crippen MR) is 53.0 cm³/mol. The van der Waals surface area contributed by atoms with Crippen molar-refractivity contribution in [1.82, 2.24) is 15.5 Å². The number of hydrogen-bond donors (Lipinski definition) is 1. The molecule has 4 nitrogen and oxygen atoms in total. The molecule has 1 aromatic heterocycles. The van der Waals surface area contributed by atoms with Crippen molar-refractivity contribution in [2.24, 2.45) is 0 Å². The van der Waals surface area contributed by atoms with Crippen LogP contribution in [0.2, 0.25) is 0 Å². The number of piperidine rings is 1. The van der Waals surface area contributed by atoms with E-state index in [4.69, 9.17) is 4.52 Å². The molecule has 1 saturated heterocycles. The van der Waals surface area contributed by atoms with E-state index in [1.807, 2.05) is 0 Å². The fourth-order valence-corrected chi connectivity index (χ4v) is 1.69. The van der Waals surface area contributed by atoms with Crippen molar-refractivity contribution in [1.29, 1.82) is 0 Å². The van der Waals surface area contributed by atoms with Crippen LogP contribution in [0.5, 0.6) is 0 Å². The SMILES string of the molecule is CC(C)c1noc([C@H]2CCCCN2)n1. The van der Waals surface area contributed by atoms with Crippen molar-refractivity contribution >= 4 is 0 Å². The Bertz CT molecular complexity index is 289. The molecule has 0 radical (unpaired) electrons. The number of hydrogen-bond acceptors (Lipinski definition) is 4. The molecule has 1 aliphatic rings. The van der Waals surface area contributed by atoms with Crippen molar-refractivity contribution < 1.29 is 4.52 Å². The third kappa shape index (κ3) is 1.95. The van der Waals surface area contributed by atoms with Gasteiger partial charge in [0.1, 0.15) is 0 Å². The minimum atomic E-state index is 0.281. The van der Waals surface area contributed by atoms with E-state index in [1.165, 1.54) is 12.8 Å². The number of nitrogens with zero attached hydrogens (tertiary/aromatic N) is 2. The monoisotopic (exact) mass is 195 g/mol. The maximum Gasteiger partial charge on any atom is 0.243 e. The second kappa shape index (κ2) is 4.09. The highest BCUT2D eigenvalue weighted by Crippen LogP contribution is 2.22. The highest BCUT2D eigenvalue weighted by atomic mass is 16.5. The van der Waals surface area contributed by atoms with Crippen LogP contribution >= 0.6 is 0 Å². The van der Waals surface area contributed by atoms with Crippen molar-refractivity contribution in [3.63, 3.8) is 0 Å². The Labute approximate surface area is 84.1 Å². The average molecular weight is 195 g/mol. The summed E-state index contributed by atoms with van der Waals surface area (Å²) in [5.74, 6) is 1.91. The largest absolute Gasteiger partial charge is 0.338 e. The lowest BCUT2D eigenvalue weighted by Crippen LogP contribution is -2.27. The molecule has 78 valence electrons. The van der Waals surface area contributed by atoms with Crippen molar-refractivity contribution in [3.8, 4) is 0 Å². The van der Waals surface area contributed by atoms with E-state index in [0.29, 0.717) is 5.92 Å². The zero-order chi connectivity index (χ0) is 9.97. The summed E-state index contributed by atoms with van der Waals surface area (Å²) >= 11 is 0. The third-order valence-corrected chi connectivity index (χ3v) is 2.58. The van der Waals surface area contributed by atoms with Crippen LogP contribution in [0.15, 0.2) is 4.52 Å². The summed E-state index contributed by atoms with van der Waals surface area (Å²) in [7, 11) is 0. The summed E-state index contributed by atoms with van der Waals surface area (Å²) in [5.41, 5.74) is 0. The van der Waals surface area contributed by atoms with Crippen LogP contribution in [-0.4, -0.2) is 16.7 Å². The molecule has 0 saturated carbocycles. The van der Waals surface area contributed by atoms with Crippen molar-refractivity contribution in [2.45, 2.75) is 45.1 Å². The highest BCUT2D eigenvalue weighted by molar-refractivity contribution is 4.97. The molecule has 1 N–H and O–H groups in total. The lowest BCUT2D eigenvalue weighted by Gasteiger charge is -2.19. The van der Waals surface area contributed by atoms with Crippen LogP contribution in [0.4, 0.5) is 0 Å². The smallest absolute Gasteiger partial charge is 0.243 e. The van der Waals surface area contributed by atoms with Crippen molar-refractivity contribution in [3.05, 3.63) is 11.7 Å². The molecular formula is C10H17N3O. The Morgan fingerprint density at radius 3 is 2.86 bits per heavy atom. The van der Waals surface area contributed by atoms with Gasteiger partial charge in [-0.25, -0.2) is 0 Å². The van der Waals surface area contributed by atoms with Gasteiger partial charge < -0.3 is 9.84 Å². The Balaban J connectivity index is 2.07. The summed E-state index contributed by atoms with van der Waals surface area (Å²) in [6, 6.07) is 0.281.